The fourth-order valence-electron chi connectivity index (χ4n) is 1.32. The Morgan fingerprint density at radius 1 is 1.64 bits per heavy atom. The molecule has 0 bridgehead atoms. The van der Waals surface area contributed by atoms with Crippen molar-refractivity contribution in [2.24, 2.45) is 5.92 Å². The molecular formula is C7H11FO3. The molecule has 1 aliphatic rings. The molecule has 0 heterocycles. The molecule has 0 aromatic heterocycles. The molecular weight excluding hydrogens is 151 g/mol. The van der Waals surface area contributed by atoms with Crippen LogP contribution < -0.4 is 0 Å². The van der Waals surface area contributed by atoms with Gasteiger partial charge in [0.15, 0.2) is 0 Å². The van der Waals surface area contributed by atoms with E-state index in [0.717, 1.165) is 0 Å². The molecule has 1 aliphatic carbocycles. The minimum atomic E-state index is -1.26. The second kappa shape index (κ2) is 3.17. The molecule has 0 saturated heterocycles. The Morgan fingerprint density at radius 3 is 2.64 bits per heavy atom. The van der Waals surface area contributed by atoms with Crippen LogP contribution in [0.5, 0.6) is 0 Å². The first-order valence-electron chi connectivity index (χ1n) is 3.55. The van der Waals surface area contributed by atoms with E-state index in [1.54, 1.807) is 0 Å². The van der Waals surface area contributed by atoms with Crippen LogP contribution in [0.25, 0.3) is 0 Å². The number of rotatable bonds is 1. The van der Waals surface area contributed by atoms with Crippen LogP contribution in [0.3, 0.4) is 0 Å². The summed E-state index contributed by atoms with van der Waals surface area (Å²) in [5.74, 6) is -0.880. The lowest BCUT2D eigenvalue weighted by Crippen LogP contribution is -2.13. The molecule has 0 radical (unpaired) electrons. The van der Waals surface area contributed by atoms with Gasteiger partial charge < -0.3 is 9.84 Å². The van der Waals surface area contributed by atoms with Gasteiger partial charge in [0.05, 0.1) is 19.1 Å². The van der Waals surface area contributed by atoms with E-state index in [1.807, 2.05) is 0 Å². The van der Waals surface area contributed by atoms with Gasteiger partial charge in [-0.3, -0.25) is 4.79 Å². The van der Waals surface area contributed by atoms with Gasteiger partial charge in [-0.15, -0.1) is 0 Å². The number of halogens is 1. The maximum atomic E-state index is 12.6. The lowest BCUT2D eigenvalue weighted by molar-refractivity contribution is -0.145. The zero-order chi connectivity index (χ0) is 8.43. The molecule has 0 aliphatic heterocycles. The molecule has 0 amide bonds. The van der Waals surface area contributed by atoms with Gasteiger partial charge in [0.1, 0.15) is 6.17 Å². The Kier molecular flexibility index (Phi) is 2.44. The summed E-state index contributed by atoms with van der Waals surface area (Å²) in [6.45, 7) is 0. The summed E-state index contributed by atoms with van der Waals surface area (Å²) in [5, 5.41) is 8.93. The number of alkyl halides is 1. The monoisotopic (exact) mass is 162 g/mol. The van der Waals surface area contributed by atoms with Crippen LogP contribution in [0, 0.1) is 5.92 Å². The second-order valence-corrected chi connectivity index (χ2v) is 2.77. The maximum Gasteiger partial charge on any atom is 0.308 e. The number of carbonyl (C=O) groups excluding carboxylic acids is 1. The van der Waals surface area contributed by atoms with Crippen molar-refractivity contribution in [3.05, 3.63) is 0 Å². The number of methoxy groups -OCH3 is 1. The molecule has 0 aromatic rings. The van der Waals surface area contributed by atoms with E-state index in [1.165, 1.54) is 7.11 Å². The highest BCUT2D eigenvalue weighted by molar-refractivity contribution is 5.72. The Morgan fingerprint density at radius 2 is 2.27 bits per heavy atom. The molecule has 0 aromatic carbocycles. The van der Waals surface area contributed by atoms with Crippen LogP contribution in [0.2, 0.25) is 0 Å². The van der Waals surface area contributed by atoms with Crippen LogP contribution in [0.15, 0.2) is 0 Å². The molecule has 1 N–H and O–H groups in total. The van der Waals surface area contributed by atoms with Crippen LogP contribution >= 0.6 is 0 Å². The van der Waals surface area contributed by atoms with Crippen molar-refractivity contribution in [2.75, 3.05) is 7.11 Å². The third-order valence-corrected chi connectivity index (χ3v) is 1.99. The number of aliphatic hydroxyl groups excluding tert-OH is 1. The molecule has 1 rings (SSSR count). The Bertz CT molecular complexity index is 150. The predicted octanol–water partition coefficient (Wildman–Crippen LogP) is 0.268. The minimum Gasteiger partial charge on any atom is -0.469 e. The van der Waals surface area contributed by atoms with Crippen molar-refractivity contribution in [3.63, 3.8) is 0 Å². The standard InChI is InChI=1S/C7H11FO3/c1-11-7(10)4-2-5(8)6(9)3-4/h4-6,9H,2-3H2,1H3. The largest absolute Gasteiger partial charge is 0.469 e. The van der Waals surface area contributed by atoms with Crippen LogP contribution in [0.4, 0.5) is 4.39 Å². The van der Waals surface area contributed by atoms with Gasteiger partial charge in [-0.1, -0.05) is 0 Å². The number of aliphatic hydroxyl groups is 1. The van der Waals surface area contributed by atoms with Crippen molar-refractivity contribution in [1.29, 1.82) is 0 Å². The molecule has 3 nitrogen and oxygen atoms in total. The summed E-state index contributed by atoms with van der Waals surface area (Å²) < 4.78 is 17.0. The summed E-state index contributed by atoms with van der Waals surface area (Å²) in [6.07, 6.45) is -1.97. The summed E-state index contributed by atoms with van der Waals surface area (Å²) in [7, 11) is 1.26. The third-order valence-electron chi connectivity index (χ3n) is 1.99. The van der Waals surface area contributed by atoms with Gasteiger partial charge in [0.2, 0.25) is 0 Å². The van der Waals surface area contributed by atoms with Crippen LogP contribution in [0.1, 0.15) is 12.8 Å². The van der Waals surface area contributed by atoms with E-state index in [2.05, 4.69) is 4.74 Å². The molecule has 3 unspecified atom stereocenters. The molecule has 1 fully saturated rings. The second-order valence-electron chi connectivity index (χ2n) is 2.77. The smallest absolute Gasteiger partial charge is 0.308 e. The normalized spacial score (nSPS) is 37.2. The summed E-state index contributed by atoms with van der Waals surface area (Å²) >= 11 is 0. The third kappa shape index (κ3) is 1.68. The lowest BCUT2D eigenvalue weighted by Gasteiger charge is -2.03. The average molecular weight is 162 g/mol. The highest BCUT2D eigenvalue weighted by Crippen LogP contribution is 2.28. The van der Waals surface area contributed by atoms with Crippen molar-refractivity contribution in [2.45, 2.75) is 25.1 Å². The number of hydrogen-bond acceptors (Lipinski definition) is 3. The van der Waals surface area contributed by atoms with Crippen molar-refractivity contribution < 1.29 is 19.0 Å². The van der Waals surface area contributed by atoms with Crippen LogP contribution in [-0.2, 0) is 9.53 Å². The van der Waals surface area contributed by atoms with Gasteiger partial charge in [0.25, 0.3) is 0 Å². The molecule has 1 saturated carbocycles. The maximum absolute atomic E-state index is 12.6. The number of carbonyl (C=O) groups is 1. The minimum absolute atomic E-state index is 0.0911. The van der Waals surface area contributed by atoms with Crippen molar-refractivity contribution in [3.8, 4) is 0 Å². The van der Waals surface area contributed by atoms with Gasteiger partial charge >= 0.3 is 5.97 Å². The van der Waals surface area contributed by atoms with E-state index < -0.39 is 24.2 Å². The van der Waals surface area contributed by atoms with Gasteiger partial charge in [-0.25, -0.2) is 4.39 Å². The van der Waals surface area contributed by atoms with E-state index >= 15 is 0 Å². The Labute approximate surface area is 64.2 Å². The highest BCUT2D eigenvalue weighted by Gasteiger charge is 2.37. The van der Waals surface area contributed by atoms with Gasteiger partial charge in [-0.2, -0.15) is 0 Å². The molecule has 3 atom stereocenters. The molecule has 0 spiro atoms. The lowest BCUT2D eigenvalue weighted by atomic mass is 10.1. The predicted molar refractivity (Wildman–Crippen MR) is 35.6 cm³/mol. The quantitative estimate of drug-likeness (QED) is 0.563. The highest BCUT2D eigenvalue weighted by atomic mass is 19.1. The first kappa shape index (κ1) is 8.46. The number of ether oxygens (including phenoxy) is 1. The Balaban J connectivity index is 2.46. The van der Waals surface area contributed by atoms with Gasteiger partial charge in [-0.05, 0) is 12.8 Å². The van der Waals surface area contributed by atoms with E-state index in [0.29, 0.717) is 0 Å². The fourth-order valence-corrected chi connectivity index (χ4v) is 1.32. The number of hydrogen-bond donors (Lipinski definition) is 1. The van der Waals surface area contributed by atoms with Crippen LogP contribution in [-0.4, -0.2) is 30.5 Å². The topological polar surface area (TPSA) is 46.5 Å². The molecule has 4 heteroatoms. The van der Waals surface area contributed by atoms with Gasteiger partial charge in [0, 0.05) is 0 Å². The van der Waals surface area contributed by atoms with E-state index in [4.69, 9.17) is 5.11 Å². The van der Waals surface area contributed by atoms with Crippen molar-refractivity contribution >= 4 is 5.97 Å². The van der Waals surface area contributed by atoms with E-state index in [-0.39, 0.29) is 12.8 Å². The van der Waals surface area contributed by atoms with E-state index in [9.17, 15) is 9.18 Å². The summed E-state index contributed by atoms with van der Waals surface area (Å²) in [5.41, 5.74) is 0. The summed E-state index contributed by atoms with van der Waals surface area (Å²) in [4.78, 5) is 10.8. The SMILES string of the molecule is COC(=O)C1CC(O)C(F)C1. The van der Waals surface area contributed by atoms with Crippen molar-refractivity contribution in [1.82, 2.24) is 0 Å². The zero-order valence-electron chi connectivity index (χ0n) is 6.29. The number of esters is 1. The first-order valence-corrected chi connectivity index (χ1v) is 3.55. The average Bonchev–Trinajstić information content (AvgIpc) is 2.31. The zero-order valence-corrected chi connectivity index (χ0v) is 6.29. The fraction of sp³-hybridized carbons (Fsp3) is 0.857. The molecule has 64 valence electrons. The first-order chi connectivity index (χ1) is 5.15. The Hall–Kier alpha value is -0.640. The summed E-state index contributed by atoms with van der Waals surface area (Å²) in [6, 6.07) is 0. The molecule has 11 heavy (non-hydrogen) atoms.